The largest absolute Gasteiger partial charge is 0.434 e. The molecule has 0 radical (unpaired) electrons. The number of rotatable bonds is 5. The van der Waals surface area contributed by atoms with Crippen molar-refractivity contribution >= 4 is 11.7 Å². The Bertz CT molecular complexity index is 1140. The van der Waals surface area contributed by atoms with E-state index in [0.717, 1.165) is 31.0 Å². The number of nitrogens with one attached hydrogen (secondary N) is 1. The van der Waals surface area contributed by atoms with Gasteiger partial charge < -0.3 is 11.1 Å². The smallest absolute Gasteiger partial charge is 0.366 e. The van der Waals surface area contributed by atoms with Gasteiger partial charge in [-0.15, -0.1) is 0 Å². The summed E-state index contributed by atoms with van der Waals surface area (Å²) in [6.45, 7) is 1.49. The van der Waals surface area contributed by atoms with E-state index in [9.17, 15) is 18.0 Å². The predicted molar refractivity (Wildman–Crippen MR) is 112 cm³/mol. The lowest BCUT2D eigenvalue weighted by Crippen LogP contribution is -2.25. The first-order valence-corrected chi connectivity index (χ1v) is 10.1. The fourth-order valence-electron chi connectivity index (χ4n) is 4.20. The van der Waals surface area contributed by atoms with Crippen molar-refractivity contribution < 1.29 is 18.0 Å². The topological polar surface area (TPSA) is 107 Å². The zero-order valence-corrected chi connectivity index (χ0v) is 17.2. The Morgan fingerprint density at radius 2 is 1.88 bits per heavy atom. The van der Waals surface area contributed by atoms with Crippen LogP contribution in [-0.2, 0) is 6.18 Å². The maximum atomic E-state index is 12.9. The number of halogens is 3. The van der Waals surface area contributed by atoms with Crippen LogP contribution >= 0.6 is 0 Å². The van der Waals surface area contributed by atoms with Crippen molar-refractivity contribution in [1.29, 1.82) is 0 Å². The summed E-state index contributed by atoms with van der Waals surface area (Å²) in [4.78, 5) is 28.4. The number of nitrogens with two attached hydrogens (primary N) is 1. The van der Waals surface area contributed by atoms with Crippen LogP contribution < -0.4 is 11.1 Å². The number of benzene rings is 1. The van der Waals surface area contributed by atoms with E-state index in [4.69, 9.17) is 5.73 Å². The summed E-state index contributed by atoms with van der Waals surface area (Å²) in [6, 6.07) is 6.88. The van der Waals surface area contributed by atoms with Crippen LogP contribution in [0, 0.1) is 6.92 Å². The van der Waals surface area contributed by atoms with Crippen molar-refractivity contribution in [1.82, 2.24) is 19.9 Å². The Hall–Kier alpha value is -3.56. The summed E-state index contributed by atoms with van der Waals surface area (Å²) in [5, 5.41) is 3.27. The molecule has 1 unspecified atom stereocenters. The number of aromatic nitrogens is 4. The van der Waals surface area contributed by atoms with E-state index in [-0.39, 0.29) is 17.7 Å². The van der Waals surface area contributed by atoms with Gasteiger partial charge in [0.1, 0.15) is 5.82 Å². The zero-order chi connectivity index (χ0) is 22.9. The Morgan fingerprint density at radius 1 is 1.12 bits per heavy atom. The zero-order valence-electron chi connectivity index (χ0n) is 17.2. The Morgan fingerprint density at radius 3 is 2.53 bits per heavy atom. The lowest BCUT2D eigenvalue weighted by atomic mass is 9.87. The molecule has 7 nitrogen and oxygen atoms in total. The minimum Gasteiger partial charge on any atom is -0.366 e. The minimum atomic E-state index is -4.55. The highest BCUT2D eigenvalue weighted by Crippen LogP contribution is 2.41. The van der Waals surface area contributed by atoms with Crippen LogP contribution in [0.1, 0.15) is 52.5 Å². The number of hydrogen-bond acceptors (Lipinski definition) is 6. The minimum absolute atomic E-state index is 0.0448. The van der Waals surface area contributed by atoms with Crippen LogP contribution in [0.25, 0.3) is 11.4 Å². The first-order valence-electron chi connectivity index (χ1n) is 10.1. The highest BCUT2D eigenvalue weighted by Gasteiger charge is 2.35. The number of carbonyl (C=O) groups is 1. The number of aryl methyl sites for hydroxylation is 1. The Labute approximate surface area is 182 Å². The van der Waals surface area contributed by atoms with Crippen molar-refractivity contribution in [3.63, 3.8) is 0 Å². The molecular formula is C22H21F3N6O. The normalized spacial score (nSPS) is 18.5. The van der Waals surface area contributed by atoms with Crippen molar-refractivity contribution in [3.8, 4) is 11.4 Å². The SMILES string of the molecule is Cc1nc(C(F)(F)F)cnc1N[C@H]1CCCC1c1cccc(C(N)=O)c1-c1ncccn1. The quantitative estimate of drug-likeness (QED) is 0.616. The summed E-state index contributed by atoms with van der Waals surface area (Å²) in [6.07, 6.45) is 1.86. The van der Waals surface area contributed by atoms with Gasteiger partial charge in [0.25, 0.3) is 0 Å². The molecule has 1 amide bonds. The number of anilines is 1. The maximum Gasteiger partial charge on any atom is 0.434 e. The Kier molecular flexibility index (Phi) is 5.77. The van der Waals surface area contributed by atoms with Gasteiger partial charge in [0.2, 0.25) is 5.91 Å². The maximum absolute atomic E-state index is 12.9. The van der Waals surface area contributed by atoms with Crippen LogP contribution in [0.2, 0.25) is 0 Å². The number of nitrogens with zero attached hydrogens (tertiary/aromatic N) is 4. The molecular weight excluding hydrogens is 421 g/mol. The molecule has 1 saturated carbocycles. The van der Waals surface area contributed by atoms with Gasteiger partial charge >= 0.3 is 6.18 Å². The van der Waals surface area contributed by atoms with Gasteiger partial charge in [-0.25, -0.2) is 19.9 Å². The number of primary amides is 1. The second-order valence-corrected chi connectivity index (χ2v) is 7.68. The molecule has 3 aromatic rings. The fraction of sp³-hybridized carbons (Fsp3) is 0.318. The molecule has 0 bridgehead atoms. The van der Waals surface area contributed by atoms with Crippen LogP contribution in [0.15, 0.2) is 42.9 Å². The number of hydrogen-bond donors (Lipinski definition) is 2. The molecule has 0 spiro atoms. The lowest BCUT2D eigenvalue weighted by molar-refractivity contribution is -0.141. The van der Waals surface area contributed by atoms with E-state index in [1.807, 2.05) is 6.07 Å². The van der Waals surface area contributed by atoms with E-state index >= 15 is 0 Å². The average molecular weight is 442 g/mol. The molecule has 10 heteroatoms. The summed E-state index contributed by atoms with van der Waals surface area (Å²) in [5.74, 6) is 0.0735. The van der Waals surface area contributed by atoms with Gasteiger partial charge in [0.15, 0.2) is 11.5 Å². The number of alkyl halides is 3. The van der Waals surface area contributed by atoms with Crippen molar-refractivity contribution in [2.75, 3.05) is 5.32 Å². The molecule has 0 saturated heterocycles. The van der Waals surface area contributed by atoms with Crippen molar-refractivity contribution in [2.24, 2.45) is 5.73 Å². The van der Waals surface area contributed by atoms with E-state index in [1.54, 1.807) is 30.6 Å². The van der Waals surface area contributed by atoms with Crippen LogP contribution in [-0.4, -0.2) is 31.9 Å². The first kappa shape index (κ1) is 21.7. The molecule has 2 atom stereocenters. The fourth-order valence-corrected chi connectivity index (χ4v) is 4.20. The molecule has 1 fully saturated rings. The molecule has 0 aliphatic heterocycles. The molecule has 2 aromatic heterocycles. The average Bonchev–Trinajstić information content (AvgIpc) is 3.22. The molecule has 4 rings (SSSR count). The summed E-state index contributed by atoms with van der Waals surface area (Å²) >= 11 is 0. The monoisotopic (exact) mass is 442 g/mol. The second kappa shape index (κ2) is 8.52. The van der Waals surface area contributed by atoms with E-state index in [2.05, 4.69) is 25.3 Å². The highest BCUT2D eigenvalue weighted by atomic mass is 19.4. The second-order valence-electron chi connectivity index (χ2n) is 7.68. The molecule has 1 aliphatic carbocycles. The lowest BCUT2D eigenvalue weighted by Gasteiger charge is -2.25. The summed E-state index contributed by atoms with van der Waals surface area (Å²) < 4.78 is 38.8. The third-order valence-electron chi connectivity index (χ3n) is 5.63. The molecule has 32 heavy (non-hydrogen) atoms. The van der Waals surface area contributed by atoms with Crippen molar-refractivity contribution in [3.05, 3.63) is 65.4 Å². The third kappa shape index (κ3) is 4.25. The first-order chi connectivity index (χ1) is 15.3. The van der Waals surface area contributed by atoms with Gasteiger partial charge in [0.05, 0.1) is 17.5 Å². The van der Waals surface area contributed by atoms with Gasteiger partial charge in [-0.2, -0.15) is 13.2 Å². The Balaban J connectivity index is 1.71. The molecule has 3 N–H and O–H groups in total. The standard InChI is InChI=1S/C22H21F3N6O/c1-12-20(29-11-17(30-12)22(23,24)25)31-16-8-3-5-13(16)14-6-2-7-15(19(26)32)18(14)21-27-9-4-10-28-21/h2,4,6-7,9-11,13,16H,3,5,8H2,1H3,(H2,26,32)(H,29,31)/t13?,16-/m0/s1. The molecule has 1 aromatic carbocycles. The van der Waals surface area contributed by atoms with Crippen molar-refractivity contribution in [2.45, 2.75) is 44.3 Å². The van der Waals surface area contributed by atoms with Crippen LogP contribution in [0.5, 0.6) is 0 Å². The molecule has 1 aliphatic rings. The van der Waals surface area contributed by atoms with Gasteiger partial charge in [0, 0.05) is 29.9 Å². The van der Waals surface area contributed by atoms with E-state index in [0.29, 0.717) is 22.8 Å². The molecule has 166 valence electrons. The van der Waals surface area contributed by atoms with Crippen LogP contribution in [0.4, 0.5) is 19.0 Å². The van der Waals surface area contributed by atoms with E-state index < -0.39 is 17.8 Å². The van der Waals surface area contributed by atoms with Gasteiger partial charge in [-0.3, -0.25) is 4.79 Å². The van der Waals surface area contributed by atoms with Crippen LogP contribution in [0.3, 0.4) is 0 Å². The number of amides is 1. The summed E-state index contributed by atoms with van der Waals surface area (Å²) in [7, 11) is 0. The predicted octanol–water partition coefficient (Wildman–Crippen LogP) is 4.11. The summed E-state index contributed by atoms with van der Waals surface area (Å²) in [5.41, 5.74) is 6.53. The van der Waals surface area contributed by atoms with E-state index in [1.165, 1.54) is 6.92 Å². The molecule has 2 heterocycles. The van der Waals surface area contributed by atoms with Gasteiger partial charge in [-0.1, -0.05) is 18.6 Å². The van der Waals surface area contributed by atoms with Gasteiger partial charge in [-0.05, 0) is 37.5 Å². The highest BCUT2D eigenvalue weighted by molar-refractivity contribution is 6.00. The third-order valence-corrected chi connectivity index (χ3v) is 5.63. The number of carbonyl (C=O) groups excluding carboxylic acids is 1.